The van der Waals surface area contributed by atoms with Crippen LogP contribution in [-0.4, -0.2) is 42.5 Å². The van der Waals surface area contributed by atoms with Gasteiger partial charge in [0, 0.05) is 17.8 Å². The highest BCUT2D eigenvalue weighted by molar-refractivity contribution is 5.91. The molecule has 0 saturated heterocycles. The van der Waals surface area contributed by atoms with E-state index >= 15 is 0 Å². The molecule has 29 heavy (non-hydrogen) atoms. The number of nitro benzene ring substituents is 1. The number of benzene rings is 1. The SMILES string of the molecule is CCCCCCCCCCCC[N+](C)(C)CC(=O)Nc1ccc([N+](=O)[O-])cc1.[Br-]. The quantitative estimate of drug-likeness (QED) is 0.185. The third-order valence-electron chi connectivity index (χ3n) is 5.05. The zero-order chi connectivity index (χ0) is 20.8. The number of carbonyl (C=O) groups excluding carboxylic acids is 1. The summed E-state index contributed by atoms with van der Waals surface area (Å²) in [5.74, 6) is -0.0640. The van der Waals surface area contributed by atoms with Gasteiger partial charge in [0.2, 0.25) is 0 Å². The van der Waals surface area contributed by atoms with Crippen LogP contribution in [0.25, 0.3) is 0 Å². The number of halogens is 1. The number of nitrogens with zero attached hydrogens (tertiary/aromatic N) is 2. The first-order valence-corrected chi connectivity index (χ1v) is 10.7. The second-order valence-corrected chi connectivity index (χ2v) is 8.35. The van der Waals surface area contributed by atoms with Gasteiger partial charge in [-0.2, -0.15) is 0 Å². The van der Waals surface area contributed by atoms with E-state index in [0.29, 0.717) is 16.7 Å². The Labute approximate surface area is 186 Å². The van der Waals surface area contributed by atoms with Crippen LogP contribution in [-0.2, 0) is 4.79 Å². The summed E-state index contributed by atoms with van der Waals surface area (Å²) >= 11 is 0. The van der Waals surface area contributed by atoms with E-state index in [1.807, 2.05) is 0 Å². The van der Waals surface area contributed by atoms with E-state index in [-0.39, 0.29) is 28.6 Å². The molecule has 0 aliphatic heterocycles. The summed E-state index contributed by atoms with van der Waals surface area (Å²) in [7, 11) is 4.15. The number of nitro groups is 1. The molecule has 1 rings (SSSR count). The second kappa shape index (κ2) is 15.4. The molecule has 0 heterocycles. The molecule has 0 radical (unpaired) electrons. The van der Waals surface area contributed by atoms with Gasteiger partial charge in [0.1, 0.15) is 0 Å². The molecule has 1 aromatic carbocycles. The van der Waals surface area contributed by atoms with E-state index in [4.69, 9.17) is 0 Å². The van der Waals surface area contributed by atoms with Crippen molar-refractivity contribution < 1.29 is 31.2 Å². The van der Waals surface area contributed by atoms with Crippen LogP contribution in [0.3, 0.4) is 0 Å². The zero-order valence-corrected chi connectivity index (χ0v) is 19.9. The summed E-state index contributed by atoms with van der Waals surface area (Å²) in [6, 6.07) is 5.94. The maximum Gasteiger partial charge on any atom is 0.279 e. The minimum atomic E-state index is -0.446. The van der Waals surface area contributed by atoms with Crippen LogP contribution < -0.4 is 22.3 Å². The lowest BCUT2D eigenvalue weighted by atomic mass is 10.1. The van der Waals surface area contributed by atoms with Crippen LogP contribution >= 0.6 is 0 Å². The zero-order valence-electron chi connectivity index (χ0n) is 18.3. The maximum atomic E-state index is 12.3. The van der Waals surface area contributed by atoms with Gasteiger partial charge in [0.05, 0.1) is 25.6 Å². The molecule has 1 amide bonds. The third-order valence-corrected chi connectivity index (χ3v) is 5.05. The van der Waals surface area contributed by atoms with E-state index in [0.717, 1.165) is 13.0 Å². The fourth-order valence-electron chi connectivity index (χ4n) is 3.36. The first-order chi connectivity index (χ1) is 13.3. The Morgan fingerprint density at radius 3 is 1.90 bits per heavy atom. The summed E-state index contributed by atoms with van der Waals surface area (Å²) in [4.78, 5) is 22.5. The van der Waals surface area contributed by atoms with Gasteiger partial charge in [0.25, 0.3) is 11.6 Å². The molecule has 0 aliphatic carbocycles. The summed E-state index contributed by atoms with van der Waals surface area (Å²) in [5, 5.41) is 13.5. The molecule has 0 spiro atoms. The molecule has 1 N–H and O–H groups in total. The molecule has 0 bridgehead atoms. The molecule has 6 nitrogen and oxygen atoms in total. The minimum absolute atomic E-state index is 0. The number of hydrogen-bond donors (Lipinski definition) is 1. The molecule has 0 fully saturated rings. The number of carbonyl (C=O) groups is 1. The molecule has 0 atom stereocenters. The molecule has 0 aromatic heterocycles. The molecule has 166 valence electrons. The van der Waals surface area contributed by atoms with Gasteiger partial charge in [0.15, 0.2) is 6.54 Å². The molecule has 0 aliphatic rings. The van der Waals surface area contributed by atoms with Crippen molar-refractivity contribution in [3.8, 4) is 0 Å². The Bertz CT molecular complexity index is 591. The van der Waals surface area contributed by atoms with Gasteiger partial charge in [-0.25, -0.2) is 0 Å². The van der Waals surface area contributed by atoms with Crippen molar-refractivity contribution in [1.29, 1.82) is 0 Å². The second-order valence-electron chi connectivity index (χ2n) is 8.35. The smallest absolute Gasteiger partial charge is 0.279 e. The number of likely N-dealkylation sites (N-methyl/N-ethyl adjacent to an activating group) is 1. The molecule has 0 unspecified atom stereocenters. The topological polar surface area (TPSA) is 72.2 Å². The lowest BCUT2D eigenvalue weighted by Gasteiger charge is -2.29. The average Bonchev–Trinajstić information content (AvgIpc) is 2.63. The van der Waals surface area contributed by atoms with Crippen molar-refractivity contribution in [2.75, 3.05) is 32.5 Å². The van der Waals surface area contributed by atoms with Gasteiger partial charge in [-0.15, -0.1) is 0 Å². The maximum absolute atomic E-state index is 12.3. The van der Waals surface area contributed by atoms with Gasteiger partial charge in [-0.3, -0.25) is 14.9 Å². The first-order valence-electron chi connectivity index (χ1n) is 10.7. The average molecular weight is 472 g/mol. The molecule has 0 saturated carbocycles. The Morgan fingerprint density at radius 1 is 0.931 bits per heavy atom. The Hall–Kier alpha value is -1.47. The van der Waals surface area contributed by atoms with Crippen LogP contribution in [0.4, 0.5) is 11.4 Å². The van der Waals surface area contributed by atoms with Crippen LogP contribution in [0.5, 0.6) is 0 Å². The third kappa shape index (κ3) is 13.4. The molecular weight excluding hydrogens is 434 g/mol. The van der Waals surface area contributed by atoms with Gasteiger partial charge < -0.3 is 26.8 Å². The number of hydrogen-bond acceptors (Lipinski definition) is 3. The number of amides is 1. The lowest BCUT2D eigenvalue weighted by molar-refractivity contribution is -0.882. The van der Waals surface area contributed by atoms with E-state index in [9.17, 15) is 14.9 Å². The fourth-order valence-corrected chi connectivity index (χ4v) is 3.36. The highest BCUT2D eigenvalue weighted by atomic mass is 79.9. The fraction of sp³-hybridized carbons (Fsp3) is 0.682. The van der Waals surface area contributed by atoms with Gasteiger partial charge in [-0.05, 0) is 25.0 Å². The largest absolute Gasteiger partial charge is 1.00 e. The number of rotatable bonds is 15. The van der Waals surface area contributed by atoms with E-state index in [1.54, 1.807) is 12.1 Å². The lowest BCUT2D eigenvalue weighted by Crippen LogP contribution is -3.00. The van der Waals surface area contributed by atoms with E-state index < -0.39 is 4.92 Å². The standard InChI is InChI=1S/C22H37N3O3.BrH/c1-4-5-6-7-8-9-10-11-12-13-18-25(2,3)19-22(26)23-20-14-16-21(17-15-20)24(27)28;/h14-17H,4-13,18-19H2,1-3H3;1H. The Balaban J connectivity index is 0.00000784. The van der Waals surface area contributed by atoms with Crippen molar-refractivity contribution in [2.24, 2.45) is 0 Å². The molecule has 1 aromatic rings. The number of unbranched alkanes of at least 4 members (excludes halogenated alkanes) is 9. The van der Waals surface area contributed by atoms with Crippen LogP contribution in [0.1, 0.15) is 71.1 Å². The van der Waals surface area contributed by atoms with Crippen LogP contribution in [0.2, 0.25) is 0 Å². The highest BCUT2D eigenvalue weighted by Gasteiger charge is 2.19. The predicted octanol–water partition coefficient (Wildman–Crippen LogP) is 2.53. The Morgan fingerprint density at radius 2 is 1.41 bits per heavy atom. The van der Waals surface area contributed by atoms with Gasteiger partial charge in [-0.1, -0.05) is 58.3 Å². The van der Waals surface area contributed by atoms with Crippen molar-refractivity contribution in [3.63, 3.8) is 0 Å². The summed E-state index contributed by atoms with van der Waals surface area (Å²) in [5.41, 5.74) is 0.615. The van der Waals surface area contributed by atoms with Gasteiger partial charge >= 0.3 is 0 Å². The summed E-state index contributed by atoms with van der Waals surface area (Å²) in [6.45, 7) is 3.62. The van der Waals surface area contributed by atoms with Crippen molar-refractivity contribution in [2.45, 2.75) is 71.1 Å². The van der Waals surface area contributed by atoms with Crippen molar-refractivity contribution in [3.05, 3.63) is 34.4 Å². The molecular formula is C22H38BrN3O3. The van der Waals surface area contributed by atoms with Crippen LogP contribution in [0, 0.1) is 10.1 Å². The highest BCUT2D eigenvalue weighted by Crippen LogP contribution is 2.16. The van der Waals surface area contributed by atoms with E-state index in [1.165, 1.54) is 69.9 Å². The number of nitrogens with one attached hydrogen (secondary N) is 1. The Kier molecular flexibility index (Phi) is 14.6. The number of anilines is 1. The molecule has 7 heteroatoms. The first kappa shape index (κ1) is 27.5. The monoisotopic (exact) mass is 471 g/mol. The minimum Gasteiger partial charge on any atom is -1.00 e. The predicted molar refractivity (Wildman–Crippen MR) is 115 cm³/mol. The number of non-ortho nitro benzene ring substituents is 1. The van der Waals surface area contributed by atoms with E-state index in [2.05, 4.69) is 26.3 Å². The normalized spacial score (nSPS) is 11.0. The van der Waals surface area contributed by atoms with Crippen molar-refractivity contribution in [1.82, 2.24) is 0 Å². The summed E-state index contributed by atoms with van der Waals surface area (Å²) < 4.78 is 0.649. The van der Waals surface area contributed by atoms with Crippen molar-refractivity contribution >= 4 is 17.3 Å². The number of quaternary nitrogens is 1. The summed E-state index contributed by atoms with van der Waals surface area (Å²) in [6.07, 6.45) is 13.1. The van der Waals surface area contributed by atoms with Crippen LogP contribution in [0.15, 0.2) is 24.3 Å².